The van der Waals surface area contributed by atoms with Crippen LogP contribution in [0.5, 0.6) is 11.5 Å². The third-order valence-corrected chi connectivity index (χ3v) is 7.90. The Morgan fingerprint density at radius 2 is 1.91 bits per heavy atom. The van der Waals surface area contributed by atoms with Gasteiger partial charge in [0.2, 0.25) is 0 Å². The van der Waals surface area contributed by atoms with Crippen LogP contribution in [0.3, 0.4) is 0 Å². The second-order valence-electron chi connectivity index (χ2n) is 8.61. The number of nitrogens with zero attached hydrogens (tertiary/aromatic N) is 2. The lowest BCUT2D eigenvalue weighted by Crippen LogP contribution is -2.28. The summed E-state index contributed by atoms with van der Waals surface area (Å²) in [6, 6.07) is 9.65. The number of fused-ring (bicyclic) bond motifs is 1. The molecular formula is C24H25F3N2O5S. The van der Waals surface area contributed by atoms with Crippen LogP contribution in [0.15, 0.2) is 47.5 Å². The monoisotopic (exact) mass is 510 g/mol. The summed E-state index contributed by atoms with van der Waals surface area (Å²) in [5, 5.41) is 0.138. The van der Waals surface area contributed by atoms with Gasteiger partial charge in [0.1, 0.15) is 10.6 Å². The minimum absolute atomic E-state index is 0.0772. The van der Waals surface area contributed by atoms with E-state index in [1.54, 1.807) is 25.1 Å². The highest BCUT2D eigenvalue weighted by molar-refractivity contribution is 7.90. The number of hydrogen-bond acceptors (Lipinski definition) is 6. The summed E-state index contributed by atoms with van der Waals surface area (Å²) < 4.78 is 77.3. The Kier molecular flexibility index (Phi) is 6.58. The number of aromatic nitrogens is 1. The number of aryl methyl sites for hydroxylation is 1. The van der Waals surface area contributed by atoms with E-state index in [1.165, 1.54) is 25.3 Å². The topological polar surface area (TPSA) is 77.8 Å². The number of rotatable bonds is 6. The smallest absolute Gasteiger partial charge is 0.491 e. The molecule has 2 heterocycles. The molecule has 7 nitrogen and oxygen atoms in total. The summed E-state index contributed by atoms with van der Waals surface area (Å²) in [4.78, 5) is 13.7. The Hall–Kier alpha value is -3.05. The van der Waals surface area contributed by atoms with E-state index < -0.39 is 27.9 Å². The van der Waals surface area contributed by atoms with E-state index in [0.717, 1.165) is 29.6 Å². The number of benzene rings is 2. The van der Waals surface area contributed by atoms with Gasteiger partial charge >= 0.3 is 12.1 Å². The number of halogens is 3. The van der Waals surface area contributed by atoms with Gasteiger partial charge in [0.15, 0.2) is 5.75 Å². The first-order chi connectivity index (χ1) is 16.4. The molecule has 0 N–H and O–H groups in total. The van der Waals surface area contributed by atoms with Crippen LogP contribution in [0.25, 0.3) is 10.9 Å². The van der Waals surface area contributed by atoms with Gasteiger partial charge < -0.3 is 9.47 Å². The molecule has 0 amide bonds. The van der Waals surface area contributed by atoms with Crippen LogP contribution < -0.4 is 9.47 Å². The number of carbonyl (C=O) groups is 1. The Bertz CT molecular complexity index is 1380. The van der Waals surface area contributed by atoms with E-state index >= 15 is 0 Å². The molecule has 4 rings (SSSR count). The van der Waals surface area contributed by atoms with Crippen LogP contribution in [0.4, 0.5) is 13.2 Å². The zero-order valence-electron chi connectivity index (χ0n) is 19.4. The lowest BCUT2D eigenvalue weighted by atomic mass is 10.1. The summed E-state index contributed by atoms with van der Waals surface area (Å²) in [5.74, 6) is -2.82. The number of likely N-dealkylation sites (tertiary alicyclic amines) is 1. The predicted molar refractivity (Wildman–Crippen MR) is 123 cm³/mol. The van der Waals surface area contributed by atoms with E-state index in [-0.39, 0.29) is 27.6 Å². The van der Waals surface area contributed by atoms with Gasteiger partial charge in [-0.15, -0.1) is 0 Å². The number of carbonyl (C=O) groups excluding carboxylic acids is 1. The molecule has 3 aromatic rings. The number of ether oxygens (including phenoxy) is 2. The van der Waals surface area contributed by atoms with Gasteiger partial charge in [-0.3, -0.25) is 4.90 Å². The van der Waals surface area contributed by atoms with Gasteiger partial charge in [0.05, 0.1) is 18.8 Å². The second kappa shape index (κ2) is 9.19. The van der Waals surface area contributed by atoms with Crippen LogP contribution >= 0.6 is 0 Å². The van der Waals surface area contributed by atoms with Crippen LogP contribution in [-0.4, -0.2) is 49.1 Å². The number of alkyl halides is 3. The molecule has 0 saturated carbocycles. The molecular weight excluding hydrogens is 485 g/mol. The average Bonchev–Trinajstić information content (AvgIpc) is 3.37. The van der Waals surface area contributed by atoms with Crippen LogP contribution in [0.2, 0.25) is 0 Å². The van der Waals surface area contributed by atoms with Gasteiger partial charge in [-0.2, -0.15) is 13.2 Å². The maximum atomic E-state index is 13.7. The van der Waals surface area contributed by atoms with Crippen molar-refractivity contribution < 1.29 is 35.9 Å². The Labute approximate surface area is 201 Å². The highest BCUT2D eigenvalue weighted by Crippen LogP contribution is 2.38. The fraction of sp³-hybridized carbons (Fsp3) is 0.375. The Balaban J connectivity index is 1.93. The Morgan fingerprint density at radius 3 is 2.54 bits per heavy atom. The molecule has 11 heteroatoms. The summed E-state index contributed by atoms with van der Waals surface area (Å²) in [5.41, 5.74) is 1.31. The van der Waals surface area contributed by atoms with Crippen molar-refractivity contribution in [3.8, 4) is 11.5 Å². The van der Waals surface area contributed by atoms with Crippen molar-refractivity contribution in [2.75, 3.05) is 13.7 Å². The van der Waals surface area contributed by atoms with Gasteiger partial charge in [0, 0.05) is 18.0 Å². The van der Waals surface area contributed by atoms with Gasteiger partial charge in [-0.05, 0) is 62.6 Å². The van der Waals surface area contributed by atoms with Gasteiger partial charge in [-0.1, -0.05) is 18.2 Å². The third-order valence-electron chi connectivity index (χ3n) is 6.20. The minimum Gasteiger partial charge on any atom is -0.495 e. The molecule has 1 saturated heterocycles. The molecule has 1 atom stereocenters. The fourth-order valence-corrected chi connectivity index (χ4v) is 6.00. The summed E-state index contributed by atoms with van der Waals surface area (Å²) in [6.07, 6.45) is -2.36. The van der Waals surface area contributed by atoms with Crippen molar-refractivity contribution in [2.24, 2.45) is 0 Å². The number of hydrogen-bond donors (Lipinski definition) is 0. The zero-order chi connectivity index (χ0) is 25.5. The molecule has 2 aromatic carbocycles. The standard InChI is InChI=1S/C24H25F3N2O5S/c1-15-9-10-19(33-3)21(12-15)35(31,32)29-14-20(34-23(30)24(25,26)27)22-17(7-4-8-18(22)29)13-28-11-5-6-16(28)2/h4,7-10,12,14,16H,5-6,11,13H2,1-3H3. The third kappa shape index (κ3) is 4.74. The van der Waals surface area contributed by atoms with E-state index in [2.05, 4.69) is 11.8 Å². The van der Waals surface area contributed by atoms with Gasteiger partial charge in [0.25, 0.3) is 10.0 Å². The molecule has 1 fully saturated rings. The molecule has 35 heavy (non-hydrogen) atoms. The van der Waals surface area contributed by atoms with E-state index in [1.807, 2.05) is 0 Å². The number of esters is 1. The molecule has 1 aliphatic rings. The highest BCUT2D eigenvalue weighted by atomic mass is 32.2. The van der Waals surface area contributed by atoms with E-state index in [9.17, 15) is 26.4 Å². The first-order valence-corrected chi connectivity index (χ1v) is 12.4. The van der Waals surface area contributed by atoms with Crippen LogP contribution in [0, 0.1) is 6.92 Å². The molecule has 0 bridgehead atoms. The van der Waals surface area contributed by atoms with E-state index in [4.69, 9.17) is 9.47 Å². The highest BCUT2D eigenvalue weighted by Gasteiger charge is 2.42. The molecule has 1 unspecified atom stereocenters. The van der Waals surface area contributed by atoms with Crippen molar-refractivity contribution in [3.63, 3.8) is 0 Å². The van der Waals surface area contributed by atoms with Crippen molar-refractivity contribution in [2.45, 2.75) is 50.3 Å². The molecule has 1 aromatic heterocycles. The first kappa shape index (κ1) is 25.1. The lowest BCUT2D eigenvalue weighted by Gasteiger charge is -2.21. The van der Waals surface area contributed by atoms with Crippen molar-refractivity contribution >= 4 is 26.9 Å². The Morgan fingerprint density at radius 1 is 1.17 bits per heavy atom. The quantitative estimate of drug-likeness (QED) is 0.450. The molecule has 188 valence electrons. The molecule has 0 radical (unpaired) electrons. The summed E-state index contributed by atoms with van der Waals surface area (Å²) in [6.45, 7) is 4.93. The van der Waals surface area contributed by atoms with Crippen molar-refractivity contribution in [1.29, 1.82) is 0 Å². The van der Waals surface area contributed by atoms with Crippen molar-refractivity contribution in [3.05, 3.63) is 53.7 Å². The zero-order valence-corrected chi connectivity index (χ0v) is 20.2. The fourth-order valence-electron chi connectivity index (χ4n) is 4.40. The predicted octanol–water partition coefficient (Wildman–Crippen LogP) is 4.65. The first-order valence-electron chi connectivity index (χ1n) is 11.0. The molecule has 1 aliphatic heterocycles. The van der Waals surface area contributed by atoms with Crippen LogP contribution in [0.1, 0.15) is 30.9 Å². The lowest BCUT2D eigenvalue weighted by molar-refractivity contribution is -0.189. The second-order valence-corrected chi connectivity index (χ2v) is 10.4. The maximum absolute atomic E-state index is 13.7. The molecule has 0 spiro atoms. The van der Waals surface area contributed by atoms with E-state index in [0.29, 0.717) is 17.7 Å². The summed E-state index contributed by atoms with van der Waals surface area (Å²) in [7, 11) is -3.01. The van der Waals surface area contributed by atoms with Gasteiger partial charge in [-0.25, -0.2) is 17.2 Å². The minimum atomic E-state index is -5.24. The largest absolute Gasteiger partial charge is 0.495 e. The summed E-state index contributed by atoms with van der Waals surface area (Å²) >= 11 is 0. The number of methoxy groups -OCH3 is 1. The normalized spacial score (nSPS) is 17.1. The van der Waals surface area contributed by atoms with Crippen LogP contribution in [-0.2, 0) is 21.4 Å². The molecule has 0 aliphatic carbocycles. The SMILES string of the molecule is COc1ccc(C)cc1S(=O)(=O)n1cc(OC(=O)C(F)(F)F)c2c(CN3CCCC3C)cccc21. The van der Waals surface area contributed by atoms with Crippen molar-refractivity contribution in [1.82, 2.24) is 8.87 Å². The average molecular weight is 511 g/mol. The maximum Gasteiger partial charge on any atom is 0.491 e.